The Labute approximate surface area is 100 Å². The number of benzene rings is 1. The Balaban J connectivity index is 3.33. The fourth-order valence-electron chi connectivity index (χ4n) is 0.849. The van der Waals surface area contributed by atoms with Gasteiger partial charge >= 0.3 is 0 Å². The third-order valence-electron chi connectivity index (χ3n) is 1.44. The summed E-state index contributed by atoms with van der Waals surface area (Å²) in [4.78, 5) is 11.3. The maximum atomic E-state index is 13.2. The number of carbonyl (C=O) groups is 1. The highest BCUT2D eigenvalue weighted by molar-refractivity contribution is 9.13. The first kappa shape index (κ1) is 11.3. The summed E-state index contributed by atoms with van der Waals surface area (Å²) in [7, 11) is 0. The molecule has 0 atom stereocenters. The topological polar surface area (TPSA) is 17.1 Å². The summed E-state index contributed by atoms with van der Waals surface area (Å²) < 4.78 is 14.3. The zero-order valence-electron chi connectivity index (χ0n) is 6.28. The highest BCUT2D eigenvalue weighted by Gasteiger charge is 2.16. The molecule has 5 heteroatoms. The molecular formula is C8H4Br3FO. The van der Waals surface area contributed by atoms with E-state index in [1.54, 1.807) is 6.07 Å². The van der Waals surface area contributed by atoms with E-state index in [0.29, 0.717) is 8.95 Å². The van der Waals surface area contributed by atoms with E-state index in [-0.39, 0.29) is 16.7 Å². The molecular weight excluding hydrogens is 371 g/mol. The van der Waals surface area contributed by atoms with Crippen molar-refractivity contribution in [2.75, 3.05) is 5.33 Å². The highest BCUT2D eigenvalue weighted by Crippen LogP contribution is 2.29. The van der Waals surface area contributed by atoms with E-state index in [1.807, 2.05) is 0 Å². The fraction of sp³-hybridized carbons (Fsp3) is 0.125. The van der Waals surface area contributed by atoms with Crippen molar-refractivity contribution in [2.45, 2.75) is 0 Å². The molecule has 1 rings (SSSR count). The number of hydrogen-bond acceptors (Lipinski definition) is 1. The van der Waals surface area contributed by atoms with E-state index in [9.17, 15) is 9.18 Å². The zero-order valence-corrected chi connectivity index (χ0v) is 11.0. The van der Waals surface area contributed by atoms with E-state index in [0.717, 1.165) is 0 Å². The monoisotopic (exact) mass is 372 g/mol. The maximum absolute atomic E-state index is 13.2. The molecule has 0 saturated carbocycles. The Morgan fingerprint density at radius 2 is 2.00 bits per heavy atom. The van der Waals surface area contributed by atoms with Gasteiger partial charge in [-0.15, -0.1) is 0 Å². The zero-order chi connectivity index (χ0) is 10.0. The molecule has 0 aliphatic rings. The summed E-state index contributed by atoms with van der Waals surface area (Å²) >= 11 is 9.33. The van der Waals surface area contributed by atoms with Crippen LogP contribution in [0.3, 0.4) is 0 Å². The van der Waals surface area contributed by atoms with Crippen LogP contribution in [0.25, 0.3) is 0 Å². The van der Waals surface area contributed by atoms with Gasteiger partial charge in [0.05, 0.1) is 10.9 Å². The van der Waals surface area contributed by atoms with E-state index < -0.39 is 5.82 Å². The summed E-state index contributed by atoms with van der Waals surface area (Å²) in [5.41, 5.74) is 0.0752. The van der Waals surface area contributed by atoms with E-state index in [2.05, 4.69) is 47.8 Å². The molecule has 0 unspecified atom stereocenters. The van der Waals surface area contributed by atoms with Crippen LogP contribution in [0.5, 0.6) is 0 Å². The van der Waals surface area contributed by atoms with Gasteiger partial charge in [-0.25, -0.2) is 4.39 Å². The molecule has 0 spiro atoms. The third-order valence-corrected chi connectivity index (χ3v) is 3.97. The lowest BCUT2D eigenvalue weighted by atomic mass is 10.1. The van der Waals surface area contributed by atoms with Crippen molar-refractivity contribution in [1.82, 2.24) is 0 Å². The Morgan fingerprint density at radius 1 is 1.38 bits per heavy atom. The first-order valence-corrected chi connectivity index (χ1v) is 6.01. The van der Waals surface area contributed by atoms with Crippen molar-refractivity contribution in [3.8, 4) is 0 Å². The summed E-state index contributed by atoms with van der Waals surface area (Å²) in [5.74, 6) is -0.801. The first-order valence-electron chi connectivity index (χ1n) is 3.30. The number of alkyl halides is 1. The molecule has 1 nitrogen and oxygen atoms in total. The number of Topliss-reactive ketones (excluding diaryl/α,β-unsaturated/α-hetero) is 1. The molecule has 0 bridgehead atoms. The average Bonchev–Trinajstić information content (AvgIpc) is 2.12. The molecule has 0 heterocycles. The number of rotatable bonds is 2. The van der Waals surface area contributed by atoms with Crippen LogP contribution in [0.2, 0.25) is 0 Å². The van der Waals surface area contributed by atoms with Crippen LogP contribution in [0.15, 0.2) is 21.1 Å². The second-order valence-corrected chi connectivity index (χ2v) is 4.48. The molecule has 0 aliphatic heterocycles. The molecule has 0 aliphatic carbocycles. The van der Waals surface area contributed by atoms with Gasteiger partial charge in [0, 0.05) is 8.95 Å². The lowest BCUT2D eigenvalue weighted by molar-refractivity contribution is 0.101. The minimum Gasteiger partial charge on any atom is -0.293 e. The fourth-order valence-corrected chi connectivity index (χ4v) is 2.00. The molecule has 0 fully saturated rings. The van der Waals surface area contributed by atoms with Crippen molar-refractivity contribution in [3.63, 3.8) is 0 Å². The Hall–Kier alpha value is 0.260. The minimum absolute atomic E-state index is 0.0752. The van der Waals surface area contributed by atoms with Gasteiger partial charge in [0.15, 0.2) is 5.78 Å². The van der Waals surface area contributed by atoms with Gasteiger partial charge < -0.3 is 0 Å². The largest absolute Gasteiger partial charge is 0.293 e. The standard InChI is InChI=1S/C8H4Br3FO/c9-3-6(13)7-5(12)2-1-4(10)8(7)11/h1-2H,3H2. The van der Waals surface area contributed by atoms with Crippen LogP contribution < -0.4 is 0 Å². The van der Waals surface area contributed by atoms with Gasteiger partial charge in [0.1, 0.15) is 5.82 Å². The number of carbonyl (C=O) groups excluding carboxylic acids is 1. The highest BCUT2D eigenvalue weighted by atomic mass is 79.9. The minimum atomic E-state index is -0.514. The predicted octanol–water partition coefficient (Wildman–Crippen LogP) is 3.93. The lowest BCUT2D eigenvalue weighted by Gasteiger charge is -2.04. The summed E-state index contributed by atoms with van der Waals surface area (Å²) in [5, 5.41) is 0.110. The van der Waals surface area contributed by atoms with Crippen LogP contribution in [-0.2, 0) is 0 Å². The van der Waals surface area contributed by atoms with Crippen LogP contribution in [0.1, 0.15) is 10.4 Å². The van der Waals surface area contributed by atoms with Crippen molar-refractivity contribution in [2.24, 2.45) is 0 Å². The average molecular weight is 375 g/mol. The number of ketones is 1. The van der Waals surface area contributed by atoms with Gasteiger partial charge in [-0.05, 0) is 44.0 Å². The van der Waals surface area contributed by atoms with Gasteiger partial charge in [-0.2, -0.15) is 0 Å². The lowest BCUT2D eigenvalue weighted by Crippen LogP contribution is -2.04. The maximum Gasteiger partial charge on any atom is 0.177 e. The van der Waals surface area contributed by atoms with E-state index in [1.165, 1.54) is 6.07 Å². The quantitative estimate of drug-likeness (QED) is 0.435. The Kier molecular flexibility index (Phi) is 4.06. The van der Waals surface area contributed by atoms with Crippen molar-refractivity contribution < 1.29 is 9.18 Å². The molecule has 0 aromatic heterocycles. The molecule has 13 heavy (non-hydrogen) atoms. The second kappa shape index (κ2) is 4.66. The molecule has 0 N–H and O–H groups in total. The van der Waals surface area contributed by atoms with Crippen LogP contribution in [0.4, 0.5) is 4.39 Å². The van der Waals surface area contributed by atoms with Crippen molar-refractivity contribution in [1.29, 1.82) is 0 Å². The van der Waals surface area contributed by atoms with E-state index >= 15 is 0 Å². The predicted molar refractivity (Wildman–Crippen MR) is 59.9 cm³/mol. The van der Waals surface area contributed by atoms with E-state index in [4.69, 9.17) is 0 Å². The van der Waals surface area contributed by atoms with Gasteiger partial charge in [0.2, 0.25) is 0 Å². The smallest absolute Gasteiger partial charge is 0.177 e. The number of halogens is 4. The van der Waals surface area contributed by atoms with Crippen LogP contribution in [-0.4, -0.2) is 11.1 Å². The summed E-state index contributed by atoms with van der Waals surface area (Å²) in [6.45, 7) is 0. The molecule has 70 valence electrons. The Bertz CT molecular complexity index is 351. The Morgan fingerprint density at radius 3 is 2.54 bits per heavy atom. The molecule has 1 aromatic carbocycles. The van der Waals surface area contributed by atoms with Crippen LogP contribution in [0, 0.1) is 5.82 Å². The van der Waals surface area contributed by atoms with Crippen molar-refractivity contribution in [3.05, 3.63) is 32.5 Å². The van der Waals surface area contributed by atoms with Gasteiger partial charge in [-0.3, -0.25) is 4.79 Å². The summed E-state index contributed by atoms with van der Waals surface area (Å²) in [6.07, 6.45) is 0. The molecule has 0 radical (unpaired) electrons. The summed E-state index contributed by atoms with van der Waals surface area (Å²) in [6, 6.07) is 2.80. The number of hydrogen-bond donors (Lipinski definition) is 0. The molecule has 0 amide bonds. The molecule has 1 aromatic rings. The van der Waals surface area contributed by atoms with Gasteiger partial charge in [0.25, 0.3) is 0 Å². The normalized spacial score (nSPS) is 10.2. The first-order chi connectivity index (χ1) is 6.07. The SMILES string of the molecule is O=C(CBr)c1c(F)ccc(Br)c1Br. The second-order valence-electron chi connectivity index (χ2n) is 2.27. The van der Waals surface area contributed by atoms with Gasteiger partial charge in [-0.1, -0.05) is 15.9 Å². The third kappa shape index (κ3) is 2.39. The van der Waals surface area contributed by atoms with Crippen LogP contribution >= 0.6 is 47.8 Å². The van der Waals surface area contributed by atoms with Crippen molar-refractivity contribution >= 4 is 53.6 Å². The molecule has 0 saturated heterocycles.